The lowest BCUT2D eigenvalue weighted by molar-refractivity contribution is 0.0741. The van der Waals surface area contributed by atoms with E-state index in [0.29, 0.717) is 23.8 Å². The summed E-state index contributed by atoms with van der Waals surface area (Å²) in [6.45, 7) is 2.73. The number of hydrogen-bond donors (Lipinski definition) is 0. The Morgan fingerprint density at radius 3 is 2.05 bits per heavy atom. The summed E-state index contributed by atoms with van der Waals surface area (Å²) in [6.07, 6.45) is 1.45. The van der Waals surface area contributed by atoms with Crippen LogP contribution in [0.3, 0.4) is 0 Å². The van der Waals surface area contributed by atoms with Crippen molar-refractivity contribution in [2.75, 3.05) is 35.4 Å². The van der Waals surface area contributed by atoms with Gasteiger partial charge in [0.15, 0.2) is 0 Å². The molecule has 0 N–H and O–H groups in total. The third kappa shape index (κ3) is 5.66. The molecule has 0 aliphatic carbocycles. The van der Waals surface area contributed by atoms with Crippen LogP contribution in [-0.4, -0.2) is 50.4 Å². The van der Waals surface area contributed by atoms with Crippen molar-refractivity contribution in [3.63, 3.8) is 0 Å². The molecule has 0 radical (unpaired) electrons. The second-order valence-corrected chi connectivity index (χ2v) is 11.3. The number of halogens is 1. The maximum Gasteiger partial charge on any atom is 0.272 e. The number of benzene rings is 3. The van der Waals surface area contributed by atoms with Gasteiger partial charge in [0, 0.05) is 36.9 Å². The highest BCUT2D eigenvalue weighted by molar-refractivity contribution is 7.92. The zero-order chi connectivity index (χ0) is 26.5. The first-order chi connectivity index (χ1) is 18.4. The minimum Gasteiger partial charge on any atom is -0.368 e. The van der Waals surface area contributed by atoms with Crippen LogP contribution in [0.1, 0.15) is 16.1 Å². The van der Waals surface area contributed by atoms with Crippen molar-refractivity contribution in [3.05, 3.63) is 120 Å². The fraction of sp³-hybridized carbons (Fsp3) is 0.172. The van der Waals surface area contributed by atoms with Gasteiger partial charge in [-0.1, -0.05) is 60.1 Å². The Morgan fingerprint density at radius 1 is 0.816 bits per heavy atom. The summed E-state index contributed by atoms with van der Waals surface area (Å²) >= 11 is 6.02. The number of para-hydroxylation sites is 1. The molecule has 7 nitrogen and oxygen atoms in total. The highest BCUT2D eigenvalue weighted by Crippen LogP contribution is 2.26. The van der Waals surface area contributed by atoms with Gasteiger partial charge in [-0.15, -0.1) is 0 Å². The average molecular weight is 547 g/mol. The summed E-state index contributed by atoms with van der Waals surface area (Å²) in [5.74, 6) is -0.167. The molecule has 5 rings (SSSR count). The van der Waals surface area contributed by atoms with Gasteiger partial charge in [-0.2, -0.15) is 0 Å². The van der Waals surface area contributed by atoms with Crippen LogP contribution >= 0.6 is 11.6 Å². The molecular weight excluding hydrogens is 520 g/mol. The average Bonchev–Trinajstić information content (AvgIpc) is 2.97. The van der Waals surface area contributed by atoms with Gasteiger partial charge in [-0.05, 0) is 54.1 Å². The lowest BCUT2D eigenvalue weighted by atomic mass is 10.2. The molecule has 2 heterocycles. The lowest BCUT2D eigenvalue weighted by Crippen LogP contribution is -2.49. The van der Waals surface area contributed by atoms with Crippen LogP contribution in [-0.2, 0) is 16.6 Å². The molecule has 9 heteroatoms. The first-order valence-electron chi connectivity index (χ1n) is 12.3. The van der Waals surface area contributed by atoms with Crippen LogP contribution < -0.4 is 9.21 Å². The third-order valence-corrected chi connectivity index (χ3v) is 8.55. The number of hydrogen-bond acceptors (Lipinski definition) is 5. The molecule has 0 unspecified atom stereocenters. The smallest absolute Gasteiger partial charge is 0.272 e. The van der Waals surface area contributed by atoms with Gasteiger partial charge >= 0.3 is 0 Å². The van der Waals surface area contributed by atoms with Gasteiger partial charge < -0.3 is 9.80 Å². The van der Waals surface area contributed by atoms with Gasteiger partial charge in [0.2, 0.25) is 0 Å². The summed E-state index contributed by atoms with van der Waals surface area (Å²) < 4.78 is 28.5. The summed E-state index contributed by atoms with van der Waals surface area (Å²) in [4.78, 5) is 21.8. The Morgan fingerprint density at radius 2 is 1.45 bits per heavy atom. The SMILES string of the molecule is O=C(c1ccc(N(Cc2ccc(Cl)cc2)S(=O)(=O)c2ccccc2)cn1)N1CCN(c2ccccc2)CC1. The molecule has 0 saturated carbocycles. The zero-order valence-electron chi connectivity index (χ0n) is 20.7. The van der Waals surface area contributed by atoms with Crippen LogP contribution in [0.4, 0.5) is 11.4 Å². The second kappa shape index (κ2) is 11.2. The predicted molar refractivity (Wildman–Crippen MR) is 150 cm³/mol. The first-order valence-corrected chi connectivity index (χ1v) is 14.1. The number of nitrogens with zero attached hydrogens (tertiary/aromatic N) is 4. The standard InChI is InChI=1S/C29H27ClN4O3S/c30-24-13-11-23(12-14-24)22-34(38(36,37)27-9-5-2-6-10-27)26-15-16-28(31-21-26)29(35)33-19-17-32(18-20-33)25-7-3-1-4-8-25/h1-16,21H,17-20,22H2. The number of rotatable bonds is 7. The Bertz CT molecular complexity index is 1470. The minimum atomic E-state index is -3.89. The second-order valence-electron chi connectivity index (χ2n) is 8.97. The Balaban J connectivity index is 1.35. The van der Waals surface area contributed by atoms with E-state index in [1.165, 1.54) is 10.5 Å². The van der Waals surface area contributed by atoms with Gasteiger partial charge in [-0.25, -0.2) is 13.4 Å². The quantitative estimate of drug-likeness (QED) is 0.323. The molecule has 194 valence electrons. The molecule has 1 aromatic heterocycles. The van der Waals surface area contributed by atoms with Crippen molar-refractivity contribution in [1.82, 2.24) is 9.88 Å². The van der Waals surface area contributed by atoms with Crippen molar-refractivity contribution in [3.8, 4) is 0 Å². The number of amides is 1. The van der Waals surface area contributed by atoms with Crippen molar-refractivity contribution in [2.24, 2.45) is 0 Å². The molecule has 1 aliphatic rings. The van der Waals surface area contributed by atoms with Crippen molar-refractivity contribution in [1.29, 1.82) is 0 Å². The summed E-state index contributed by atoms with van der Waals surface area (Å²) in [7, 11) is -3.89. The minimum absolute atomic E-state index is 0.0881. The van der Waals surface area contributed by atoms with E-state index in [-0.39, 0.29) is 23.0 Å². The first kappa shape index (κ1) is 25.8. The van der Waals surface area contributed by atoms with E-state index in [4.69, 9.17) is 11.6 Å². The summed E-state index contributed by atoms with van der Waals surface area (Å²) in [5, 5.41) is 0.570. The Kier molecular flexibility index (Phi) is 7.62. The molecule has 1 saturated heterocycles. The molecular formula is C29H27ClN4O3S. The molecule has 1 fully saturated rings. The Labute approximate surface area is 228 Å². The van der Waals surface area contributed by atoms with Crippen LogP contribution in [0.15, 0.2) is 108 Å². The van der Waals surface area contributed by atoms with Gasteiger partial charge in [0.05, 0.1) is 23.3 Å². The van der Waals surface area contributed by atoms with Crippen LogP contribution in [0.2, 0.25) is 5.02 Å². The fourth-order valence-electron chi connectivity index (χ4n) is 4.42. The molecule has 38 heavy (non-hydrogen) atoms. The third-order valence-electron chi connectivity index (χ3n) is 6.51. The molecule has 1 amide bonds. The number of anilines is 2. The van der Waals surface area contributed by atoms with Crippen LogP contribution in [0.25, 0.3) is 0 Å². The van der Waals surface area contributed by atoms with E-state index < -0.39 is 10.0 Å². The summed E-state index contributed by atoms with van der Waals surface area (Å²) in [5.41, 5.74) is 2.56. The van der Waals surface area contributed by atoms with Gasteiger partial charge in [0.25, 0.3) is 15.9 Å². The van der Waals surface area contributed by atoms with E-state index in [0.717, 1.165) is 24.3 Å². The molecule has 3 aromatic carbocycles. The monoisotopic (exact) mass is 546 g/mol. The van der Waals surface area contributed by atoms with E-state index >= 15 is 0 Å². The topological polar surface area (TPSA) is 73.8 Å². The molecule has 4 aromatic rings. The lowest BCUT2D eigenvalue weighted by Gasteiger charge is -2.36. The van der Waals surface area contributed by atoms with Gasteiger partial charge in [-0.3, -0.25) is 9.10 Å². The number of carbonyl (C=O) groups excluding carboxylic acids is 1. The van der Waals surface area contributed by atoms with Crippen LogP contribution in [0, 0.1) is 0 Å². The Hall–Kier alpha value is -3.88. The zero-order valence-corrected chi connectivity index (χ0v) is 22.2. The van der Waals surface area contributed by atoms with E-state index in [2.05, 4.69) is 22.0 Å². The van der Waals surface area contributed by atoms with Gasteiger partial charge in [0.1, 0.15) is 5.69 Å². The number of pyridine rings is 1. The fourth-order valence-corrected chi connectivity index (χ4v) is 6.01. The molecule has 0 spiro atoms. The van der Waals surface area contributed by atoms with Crippen molar-refractivity contribution >= 4 is 38.9 Å². The van der Waals surface area contributed by atoms with Crippen molar-refractivity contribution < 1.29 is 13.2 Å². The molecule has 1 aliphatic heterocycles. The van der Waals surface area contributed by atoms with Crippen molar-refractivity contribution in [2.45, 2.75) is 11.4 Å². The number of sulfonamides is 1. The summed E-state index contributed by atoms with van der Waals surface area (Å²) in [6, 6.07) is 28.6. The van der Waals surface area contributed by atoms with Crippen LogP contribution in [0.5, 0.6) is 0 Å². The highest BCUT2D eigenvalue weighted by atomic mass is 35.5. The highest BCUT2D eigenvalue weighted by Gasteiger charge is 2.27. The van der Waals surface area contributed by atoms with E-state index in [1.54, 1.807) is 71.6 Å². The predicted octanol–water partition coefficient (Wildman–Crippen LogP) is 5.09. The molecule has 0 bridgehead atoms. The maximum atomic E-state index is 13.6. The number of carbonyl (C=O) groups is 1. The molecule has 0 atom stereocenters. The maximum absolute atomic E-state index is 13.6. The van der Waals surface area contributed by atoms with E-state index in [9.17, 15) is 13.2 Å². The van der Waals surface area contributed by atoms with E-state index in [1.807, 2.05) is 18.2 Å². The largest absolute Gasteiger partial charge is 0.368 e. The number of aromatic nitrogens is 1. The normalized spacial score (nSPS) is 13.8. The number of piperazine rings is 1.